The molecule has 0 saturated heterocycles. The minimum Gasteiger partial charge on any atom is -0.348 e. The van der Waals surface area contributed by atoms with E-state index >= 15 is 0 Å². The third kappa shape index (κ3) is 2.73. The van der Waals surface area contributed by atoms with Gasteiger partial charge in [-0.3, -0.25) is 4.79 Å². The minimum absolute atomic E-state index is 0.0623. The maximum absolute atomic E-state index is 11.4. The minimum atomic E-state index is -0.561. The molecular weight excluding hydrogens is 286 g/mol. The van der Waals surface area contributed by atoms with Gasteiger partial charge >= 0.3 is 0 Å². The Labute approximate surface area is 127 Å². The summed E-state index contributed by atoms with van der Waals surface area (Å²) < 4.78 is 2.02. The van der Waals surface area contributed by atoms with Crippen LogP contribution in [0.1, 0.15) is 18.2 Å². The van der Waals surface area contributed by atoms with Crippen LogP contribution in [-0.2, 0) is 18.3 Å². The molecule has 21 heavy (non-hydrogen) atoms. The summed E-state index contributed by atoms with van der Waals surface area (Å²) in [6.45, 7) is 3.45. The molecule has 2 N–H and O–H groups in total. The van der Waals surface area contributed by atoms with Gasteiger partial charge < -0.3 is 10.3 Å². The van der Waals surface area contributed by atoms with Gasteiger partial charge in [-0.1, -0.05) is 0 Å². The van der Waals surface area contributed by atoms with E-state index in [0.29, 0.717) is 12.1 Å². The van der Waals surface area contributed by atoms with Crippen molar-refractivity contribution in [3.63, 3.8) is 0 Å². The highest BCUT2D eigenvalue weighted by atomic mass is 32.2. The first-order valence-corrected chi connectivity index (χ1v) is 7.88. The Bertz CT molecular complexity index is 722. The summed E-state index contributed by atoms with van der Waals surface area (Å²) in [4.78, 5) is 23.6. The van der Waals surface area contributed by atoms with Crippen LogP contribution in [0.3, 0.4) is 0 Å². The van der Waals surface area contributed by atoms with Crippen LogP contribution in [0.2, 0.25) is 0 Å². The Balaban J connectivity index is 2.73. The van der Waals surface area contributed by atoms with Crippen molar-refractivity contribution in [1.82, 2.24) is 4.57 Å². The normalized spacial score (nSPS) is 12.6. The Hall–Kier alpha value is -1.66. The molecule has 0 spiro atoms. The van der Waals surface area contributed by atoms with Crippen molar-refractivity contribution in [2.24, 2.45) is 18.0 Å². The van der Waals surface area contributed by atoms with Crippen molar-refractivity contribution in [1.29, 1.82) is 0 Å². The molecule has 1 aromatic carbocycles. The summed E-state index contributed by atoms with van der Waals surface area (Å²) >= 11 is 1.56. The van der Waals surface area contributed by atoms with Gasteiger partial charge in [-0.05, 0) is 49.4 Å². The molecule has 0 bridgehead atoms. The van der Waals surface area contributed by atoms with E-state index in [9.17, 15) is 9.70 Å². The average Bonchev–Trinajstić information content (AvgIpc) is 2.71. The lowest BCUT2D eigenvalue weighted by molar-refractivity contribution is -0.118. The van der Waals surface area contributed by atoms with Gasteiger partial charge in [0, 0.05) is 23.0 Å². The highest BCUT2D eigenvalue weighted by Gasteiger charge is 2.20. The second-order valence-corrected chi connectivity index (χ2v) is 6.06. The summed E-state index contributed by atoms with van der Waals surface area (Å²) in [6, 6.07) is 3.25. The molecule has 0 aliphatic rings. The number of fused-ring (bicyclic) bond motifs is 1. The average molecular weight is 305 g/mol. The predicted molar refractivity (Wildman–Crippen MR) is 87.3 cm³/mol. The number of benzene rings is 1. The van der Waals surface area contributed by atoms with Crippen LogP contribution in [-0.4, -0.2) is 22.6 Å². The summed E-state index contributed by atoms with van der Waals surface area (Å²) in [5, 5.41) is 3.98. The largest absolute Gasteiger partial charge is 0.348 e. The zero-order valence-corrected chi connectivity index (χ0v) is 13.5. The summed E-state index contributed by atoms with van der Waals surface area (Å²) in [7, 11) is 1.94. The van der Waals surface area contributed by atoms with E-state index in [1.54, 1.807) is 17.8 Å². The molecule has 1 unspecified atom stereocenters. The summed E-state index contributed by atoms with van der Waals surface area (Å²) in [5.41, 5.74) is 9.18. The van der Waals surface area contributed by atoms with E-state index in [1.807, 2.05) is 30.9 Å². The highest BCUT2D eigenvalue weighted by molar-refractivity contribution is 7.98. The van der Waals surface area contributed by atoms with Gasteiger partial charge in [-0.25, -0.2) is 0 Å². The lowest BCUT2D eigenvalue weighted by atomic mass is 10.00. The highest BCUT2D eigenvalue weighted by Crippen LogP contribution is 2.37. The Morgan fingerprint density at radius 3 is 2.67 bits per heavy atom. The number of aryl methyl sites for hydroxylation is 1. The first kappa shape index (κ1) is 15.7. The molecule has 2 aromatic rings. The molecule has 112 valence electrons. The third-order valence-electron chi connectivity index (χ3n) is 3.95. The van der Waals surface area contributed by atoms with E-state index in [0.717, 1.165) is 27.1 Å². The quantitative estimate of drug-likeness (QED) is 0.680. The lowest BCUT2D eigenvalue weighted by Gasteiger charge is -2.09. The molecule has 0 fully saturated rings. The molecule has 0 amide bonds. The van der Waals surface area contributed by atoms with Crippen molar-refractivity contribution in [2.45, 2.75) is 31.2 Å². The van der Waals surface area contributed by atoms with E-state index in [1.165, 1.54) is 6.92 Å². The van der Waals surface area contributed by atoms with Crippen LogP contribution in [0.5, 0.6) is 0 Å². The second-order valence-electron chi connectivity index (χ2n) is 5.18. The first-order valence-electron chi connectivity index (χ1n) is 6.66. The van der Waals surface area contributed by atoms with Gasteiger partial charge in [0.1, 0.15) is 11.5 Å². The Morgan fingerprint density at radius 1 is 1.48 bits per heavy atom. The number of ketones is 1. The van der Waals surface area contributed by atoms with Crippen molar-refractivity contribution in [3.05, 3.63) is 28.3 Å². The van der Waals surface area contributed by atoms with Crippen LogP contribution >= 0.6 is 11.8 Å². The molecule has 5 nitrogen and oxygen atoms in total. The molecule has 1 aromatic heterocycles. The van der Waals surface area contributed by atoms with Crippen molar-refractivity contribution >= 4 is 34.1 Å². The number of hydrogen-bond acceptors (Lipinski definition) is 5. The van der Waals surface area contributed by atoms with E-state index in [2.05, 4.69) is 5.18 Å². The number of nitrogens with two attached hydrogens (primary N) is 1. The molecule has 0 aliphatic carbocycles. The fourth-order valence-corrected chi connectivity index (χ4v) is 2.99. The van der Waals surface area contributed by atoms with E-state index in [-0.39, 0.29) is 5.78 Å². The number of nitrogens with zero attached hydrogens (tertiary/aromatic N) is 2. The molecule has 0 aliphatic heterocycles. The molecule has 0 radical (unpaired) electrons. The number of thioether (sulfide) groups is 1. The van der Waals surface area contributed by atoms with Crippen LogP contribution in [0, 0.1) is 11.8 Å². The maximum atomic E-state index is 11.4. The van der Waals surface area contributed by atoms with Crippen LogP contribution in [0.25, 0.3) is 10.9 Å². The second kappa shape index (κ2) is 5.99. The van der Waals surface area contributed by atoms with Gasteiger partial charge in [0.05, 0.1) is 11.6 Å². The number of aromatic nitrogens is 1. The first-order chi connectivity index (χ1) is 9.90. The van der Waals surface area contributed by atoms with Crippen molar-refractivity contribution in [2.75, 3.05) is 6.26 Å². The number of rotatable bonds is 5. The fourth-order valence-electron chi connectivity index (χ4n) is 2.53. The van der Waals surface area contributed by atoms with Gasteiger partial charge in [0.15, 0.2) is 0 Å². The third-order valence-corrected chi connectivity index (χ3v) is 4.66. The molecule has 1 atom stereocenters. The number of carbonyl (C=O) groups is 1. The zero-order chi connectivity index (χ0) is 15.7. The standard InChI is InChI=1S/C15H19N3O2S/c1-8-11(7-12(16)9(2)19)15-13(17-20)5-10(21-4)6-14(15)18(8)3/h5-6,12H,7,16H2,1-4H3. The van der Waals surface area contributed by atoms with Crippen LogP contribution in [0.15, 0.2) is 22.2 Å². The summed E-state index contributed by atoms with van der Waals surface area (Å²) in [5.74, 6) is -0.0623. The molecule has 0 saturated carbocycles. The van der Waals surface area contributed by atoms with Crippen molar-refractivity contribution < 1.29 is 4.79 Å². The van der Waals surface area contributed by atoms with Gasteiger partial charge in [0.2, 0.25) is 0 Å². The predicted octanol–water partition coefficient (Wildman–Crippen LogP) is 3.07. The Kier molecular flexibility index (Phi) is 4.49. The van der Waals surface area contributed by atoms with Crippen LogP contribution in [0.4, 0.5) is 5.69 Å². The topological polar surface area (TPSA) is 77.5 Å². The number of Topliss-reactive ketones (excluding diaryl/α,β-unsaturated/α-hetero) is 1. The van der Waals surface area contributed by atoms with E-state index < -0.39 is 6.04 Å². The Morgan fingerprint density at radius 2 is 2.14 bits per heavy atom. The molecular formula is C15H19N3O2S. The maximum Gasteiger partial charge on any atom is 0.146 e. The summed E-state index contributed by atoms with van der Waals surface area (Å²) in [6.07, 6.45) is 2.37. The molecule has 2 rings (SSSR count). The van der Waals surface area contributed by atoms with Gasteiger partial charge in [-0.2, -0.15) is 0 Å². The lowest BCUT2D eigenvalue weighted by Crippen LogP contribution is -2.30. The van der Waals surface area contributed by atoms with Gasteiger partial charge in [0.25, 0.3) is 0 Å². The zero-order valence-electron chi connectivity index (χ0n) is 12.6. The fraction of sp³-hybridized carbons (Fsp3) is 0.400. The number of carbonyl (C=O) groups excluding carboxylic acids is 1. The molecule has 6 heteroatoms. The molecule has 1 heterocycles. The van der Waals surface area contributed by atoms with Crippen LogP contribution < -0.4 is 5.73 Å². The van der Waals surface area contributed by atoms with Crippen molar-refractivity contribution in [3.8, 4) is 0 Å². The monoisotopic (exact) mass is 305 g/mol. The SMILES string of the molecule is CSc1cc(N=O)c2c(CC(N)C(C)=O)c(C)n(C)c2c1. The van der Waals surface area contributed by atoms with E-state index in [4.69, 9.17) is 5.73 Å². The smallest absolute Gasteiger partial charge is 0.146 e. The number of nitroso groups, excluding NO2 is 1. The van der Waals surface area contributed by atoms with Gasteiger partial charge in [-0.15, -0.1) is 16.7 Å². The number of hydrogen-bond donors (Lipinski definition) is 1.